The molecule has 0 saturated carbocycles. The van der Waals surface area contributed by atoms with Crippen molar-refractivity contribution >= 4 is 11.6 Å². The van der Waals surface area contributed by atoms with Gasteiger partial charge in [0.25, 0.3) is 0 Å². The van der Waals surface area contributed by atoms with Crippen LogP contribution in [0.15, 0.2) is 24.3 Å². The highest BCUT2D eigenvalue weighted by Gasteiger charge is 2.28. The van der Waals surface area contributed by atoms with E-state index in [0.29, 0.717) is 6.61 Å². The number of carbonyl (C=O) groups is 1. The number of nitrogens with zero attached hydrogens (tertiary/aromatic N) is 2. The molecule has 2 fully saturated rings. The Morgan fingerprint density at radius 1 is 1.22 bits per heavy atom. The van der Waals surface area contributed by atoms with Crippen LogP contribution >= 0.6 is 0 Å². The van der Waals surface area contributed by atoms with Gasteiger partial charge in [-0.25, -0.2) is 0 Å². The molecule has 0 aliphatic carbocycles. The molecule has 5 nitrogen and oxygen atoms in total. The van der Waals surface area contributed by atoms with Crippen molar-refractivity contribution in [2.24, 2.45) is 0 Å². The molecule has 2 aliphatic rings. The summed E-state index contributed by atoms with van der Waals surface area (Å²) in [5, 5.41) is 3.36. The number of ether oxygens (including phenoxy) is 1. The van der Waals surface area contributed by atoms with Crippen LogP contribution in [0.5, 0.6) is 5.75 Å². The number of anilines is 1. The maximum absolute atomic E-state index is 12.6. The summed E-state index contributed by atoms with van der Waals surface area (Å²) in [5.74, 6) is 1.21. The van der Waals surface area contributed by atoms with E-state index in [9.17, 15) is 4.79 Å². The fourth-order valence-electron chi connectivity index (χ4n) is 3.45. The van der Waals surface area contributed by atoms with Gasteiger partial charge in [-0.15, -0.1) is 0 Å². The van der Waals surface area contributed by atoms with E-state index in [4.69, 9.17) is 4.74 Å². The SMILES string of the molecule is CCOc1ccccc1N1CCN(C(=O)[C@@H]2CCCCN2)CC1. The summed E-state index contributed by atoms with van der Waals surface area (Å²) < 4.78 is 5.73. The van der Waals surface area contributed by atoms with Crippen LogP contribution in [-0.4, -0.2) is 56.2 Å². The van der Waals surface area contributed by atoms with E-state index in [-0.39, 0.29) is 11.9 Å². The summed E-state index contributed by atoms with van der Waals surface area (Å²) >= 11 is 0. The number of nitrogens with one attached hydrogen (secondary N) is 1. The minimum atomic E-state index is 0.0333. The number of piperazine rings is 1. The van der Waals surface area contributed by atoms with Crippen LogP contribution in [0, 0.1) is 0 Å². The Balaban J connectivity index is 1.59. The first-order valence-electron chi connectivity index (χ1n) is 8.78. The predicted molar refractivity (Wildman–Crippen MR) is 92.0 cm³/mol. The summed E-state index contributed by atoms with van der Waals surface area (Å²) in [6, 6.07) is 8.20. The number of carbonyl (C=O) groups excluding carboxylic acids is 1. The maximum Gasteiger partial charge on any atom is 0.239 e. The van der Waals surface area contributed by atoms with E-state index in [1.165, 1.54) is 6.42 Å². The van der Waals surface area contributed by atoms with Crippen molar-refractivity contribution in [3.05, 3.63) is 24.3 Å². The molecule has 2 aliphatic heterocycles. The molecule has 0 radical (unpaired) electrons. The highest BCUT2D eigenvalue weighted by molar-refractivity contribution is 5.82. The van der Waals surface area contributed by atoms with Gasteiger partial charge in [0.15, 0.2) is 0 Å². The summed E-state index contributed by atoms with van der Waals surface area (Å²) in [7, 11) is 0. The van der Waals surface area contributed by atoms with Crippen molar-refractivity contribution in [2.75, 3.05) is 44.2 Å². The molecular formula is C18H27N3O2. The zero-order valence-corrected chi connectivity index (χ0v) is 14.0. The van der Waals surface area contributed by atoms with Crippen LogP contribution in [0.1, 0.15) is 26.2 Å². The summed E-state index contributed by atoms with van der Waals surface area (Å²) in [6.07, 6.45) is 3.32. The smallest absolute Gasteiger partial charge is 0.239 e. The Bertz CT molecular complexity index is 521. The molecule has 1 aromatic carbocycles. The Hall–Kier alpha value is -1.75. The van der Waals surface area contributed by atoms with E-state index in [1.54, 1.807) is 0 Å². The molecule has 2 heterocycles. The molecule has 2 saturated heterocycles. The van der Waals surface area contributed by atoms with Gasteiger partial charge in [0.2, 0.25) is 5.91 Å². The van der Waals surface area contributed by atoms with Crippen LogP contribution in [0.2, 0.25) is 0 Å². The molecule has 0 aromatic heterocycles. The zero-order chi connectivity index (χ0) is 16.1. The van der Waals surface area contributed by atoms with E-state index in [0.717, 1.165) is 57.0 Å². The number of amides is 1. The molecule has 1 N–H and O–H groups in total. The first-order chi connectivity index (χ1) is 11.3. The van der Waals surface area contributed by atoms with Crippen molar-refractivity contribution in [3.8, 4) is 5.75 Å². The average Bonchev–Trinajstić information content (AvgIpc) is 2.63. The van der Waals surface area contributed by atoms with Crippen LogP contribution in [0.3, 0.4) is 0 Å². The third kappa shape index (κ3) is 3.78. The van der Waals surface area contributed by atoms with Crippen molar-refractivity contribution in [3.63, 3.8) is 0 Å². The third-order valence-electron chi connectivity index (χ3n) is 4.71. The summed E-state index contributed by atoms with van der Waals surface area (Å²) in [4.78, 5) is 16.9. The topological polar surface area (TPSA) is 44.8 Å². The van der Waals surface area contributed by atoms with Crippen molar-refractivity contribution < 1.29 is 9.53 Å². The van der Waals surface area contributed by atoms with Gasteiger partial charge in [-0.2, -0.15) is 0 Å². The van der Waals surface area contributed by atoms with Gasteiger partial charge in [0, 0.05) is 26.2 Å². The second-order valence-electron chi connectivity index (χ2n) is 6.22. The normalized spacial score (nSPS) is 22.0. The predicted octanol–water partition coefficient (Wildman–Crippen LogP) is 1.88. The van der Waals surface area contributed by atoms with Gasteiger partial charge in [-0.05, 0) is 38.4 Å². The Labute approximate surface area is 138 Å². The second-order valence-corrected chi connectivity index (χ2v) is 6.22. The Morgan fingerprint density at radius 3 is 2.70 bits per heavy atom. The van der Waals surface area contributed by atoms with Gasteiger partial charge in [0.1, 0.15) is 5.75 Å². The molecule has 1 aromatic rings. The lowest BCUT2D eigenvalue weighted by Crippen LogP contribution is -2.55. The van der Waals surface area contributed by atoms with Crippen molar-refractivity contribution in [1.82, 2.24) is 10.2 Å². The van der Waals surface area contributed by atoms with E-state index < -0.39 is 0 Å². The number of hydrogen-bond donors (Lipinski definition) is 1. The monoisotopic (exact) mass is 317 g/mol. The Kier molecular flexibility index (Phi) is 5.39. The lowest BCUT2D eigenvalue weighted by molar-refractivity contribution is -0.134. The molecule has 23 heavy (non-hydrogen) atoms. The van der Waals surface area contributed by atoms with Gasteiger partial charge in [-0.3, -0.25) is 4.79 Å². The molecule has 126 valence electrons. The largest absolute Gasteiger partial charge is 0.492 e. The highest BCUT2D eigenvalue weighted by atomic mass is 16.5. The number of rotatable bonds is 4. The first-order valence-corrected chi connectivity index (χ1v) is 8.78. The van der Waals surface area contributed by atoms with Crippen molar-refractivity contribution in [2.45, 2.75) is 32.2 Å². The van der Waals surface area contributed by atoms with E-state index >= 15 is 0 Å². The number of piperidine rings is 1. The standard InChI is InChI=1S/C18H27N3O2/c1-2-23-17-9-4-3-8-16(17)20-11-13-21(14-12-20)18(22)15-7-5-6-10-19-15/h3-4,8-9,15,19H,2,5-7,10-14H2,1H3/t15-/m0/s1. The van der Waals surface area contributed by atoms with Gasteiger partial charge < -0.3 is 19.9 Å². The molecule has 3 rings (SSSR count). The third-order valence-corrected chi connectivity index (χ3v) is 4.71. The van der Waals surface area contributed by atoms with Crippen LogP contribution in [-0.2, 0) is 4.79 Å². The Morgan fingerprint density at radius 2 is 2.00 bits per heavy atom. The summed E-state index contributed by atoms with van der Waals surface area (Å²) in [6.45, 7) is 6.95. The molecule has 0 bridgehead atoms. The van der Waals surface area contributed by atoms with E-state index in [2.05, 4.69) is 16.3 Å². The second kappa shape index (κ2) is 7.68. The fourth-order valence-corrected chi connectivity index (χ4v) is 3.45. The van der Waals surface area contributed by atoms with Crippen LogP contribution in [0.25, 0.3) is 0 Å². The van der Waals surface area contributed by atoms with Crippen LogP contribution in [0.4, 0.5) is 5.69 Å². The van der Waals surface area contributed by atoms with Gasteiger partial charge in [0.05, 0.1) is 18.3 Å². The fraction of sp³-hybridized carbons (Fsp3) is 0.611. The first kappa shape index (κ1) is 16.1. The lowest BCUT2D eigenvalue weighted by atomic mass is 10.0. The summed E-state index contributed by atoms with van der Waals surface area (Å²) in [5.41, 5.74) is 1.14. The highest BCUT2D eigenvalue weighted by Crippen LogP contribution is 2.29. The van der Waals surface area contributed by atoms with Crippen LogP contribution < -0.4 is 15.0 Å². The number of hydrogen-bond acceptors (Lipinski definition) is 4. The number of benzene rings is 1. The average molecular weight is 317 g/mol. The van der Waals surface area contributed by atoms with Gasteiger partial charge in [-0.1, -0.05) is 18.6 Å². The molecule has 1 atom stereocenters. The molecule has 0 unspecified atom stereocenters. The van der Waals surface area contributed by atoms with E-state index in [1.807, 2.05) is 30.0 Å². The molecule has 5 heteroatoms. The van der Waals surface area contributed by atoms with Gasteiger partial charge >= 0.3 is 0 Å². The van der Waals surface area contributed by atoms with Crippen molar-refractivity contribution in [1.29, 1.82) is 0 Å². The molecule has 0 spiro atoms. The molecular weight excluding hydrogens is 290 g/mol. The molecule has 1 amide bonds. The minimum Gasteiger partial charge on any atom is -0.492 e. The minimum absolute atomic E-state index is 0.0333. The maximum atomic E-state index is 12.6. The number of para-hydroxylation sites is 2. The zero-order valence-electron chi connectivity index (χ0n) is 14.0. The lowest BCUT2D eigenvalue weighted by Gasteiger charge is -2.38. The quantitative estimate of drug-likeness (QED) is 0.921.